The smallest absolute Gasteiger partial charge is 0.242 e. The molecule has 0 bridgehead atoms. The van der Waals surface area contributed by atoms with Crippen molar-refractivity contribution in [1.29, 1.82) is 0 Å². The van der Waals surface area contributed by atoms with Crippen molar-refractivity contribution in [1.82, 2.24) is 28.3 Å². The fraction of sp³-hybridized carbons (Fsp3) is 0.542. The molecule has 10 heteroatoms. The van der Waals surface area contributed by atoms with Gasteiger partial charge < -0.3 is 14.0 Å². The Morgan fingerprint density at radius 3 is 2.62 bits per heavy atom. The zero-order valence-corrected chi connectivity index (χ0v) is 21.0. The highest BCUT2D eigenvalue weighted by Crippen LogP contribution is 2.25. The molecule has 0 unspecified atom stereocenters. The molecule has 3 aromatic rings. The number of unbranched alkanes of at least 4 members (excludes halogenated alkanes) is 1. The summed E-state index contributed by atoms with van der Waals surface area (Å²) in [4.78, 5) is 24.0. The first kappa shape index (κ1) is 24.4. The van der Waals surface area contributed by atoms with Crippen molar-refractivity contribution in [2.75, 3.05) is 27.2 Å². The number of carbonyl (C=O) groups is 1. The number of fused-ring (bicyclic) bond motifs is 1. The van der Waals surface area contributed by atoms with Crippen LogP contribution >= 0.6 is 0 Å². The van der Waals surface area contributed by atoms with Crippen LogP contribution in [0.3, 0.4) is 0 Å². The Morgan fingerprint density at radius 2 is 1.97 bits per heavy atom. The molecule has 184 valence electrons. The normalized spacial score (nSPS) is 15.5. The number of hydrogen-bond donors (Lipinski definition) is 0. The van der Waals surface area contributed by atoms with Crippen LogP contribution in [0.5, 0.6) is 0 Å². The third-order valence-electron chi connectivity index (χ3n) is 6.64. The van der Waals surface area contributed by atoms with E-state index in [-0.39, 0.29) is 10.8 Å². The number of imidazole rings is 2. The molecule has 3 heterocycles. The van der Waals surface area contributed by atoms with Gasteiger partial charge in [-0.1, -0.05) is 13.3 Å². The number of nitrogens with zero attached hydrogens (tertiary/aromatic N) is 6. The predicted molar refractivity (Wildman–Crippen MR) is 131 cm³/mol. The Hall–Kier alpha value is -2.72. The lowest BCUT2D eigenvalue weighted by Gasteiger charge is -2.32. The van der Waals surface area contributed by atoms with Gasteiger partial charge >= 0.3 is 0 Å². The quantitative estimate of drug-likeness (QED) is 0.463. The van der Waals surface area contributed by atoms with E-state index < -0.39 is 10.0 Å². The number of hydrogen-bond acceptors (Lipinski definition) is 5. The van der Waals surface area contributed by atoms with Crippen molar-refractivity contribution >= 4 is 27.0 Å². The average Bonchev–Trinajstić information content (AvgIpc) is 3.49. The predicted octanol–water partition coefficient (Wildman–Crippen LogP) is 3.08. The number of sulfonamides is 1. The second kappa shape index (κ2) is 10.3. The minimum atomic E-state index is -3.53. The maximum atomic E-state index is 13.0. The standard InChI is InChI=1S/C24H34N6O3S/c1-4-5-13-30-22-7-6-20(34(32,33)27(2)3)17-21(22)26-23(30)8-9-24(31)28-14-10-19(11-15-28)29-16-12-25-18-29/h6-7,12,16-19H,4-5,8-11,13-15H2,1-3H3. The lowest BCUT2D eigenvalue weighted by Crippen LogP contribution is -2.39. The highest BCUT2D eigenvalue weighted by molar-refractivity contribution is 7.89. The van der Waals surface area contributed by atoms with Crippen molar-refractivity contribution in [3.05, 3.63) is 42.7 Å². The van der Waals surface area contributed by atoms with Crippen LogP contribution in [0.4, 0.5) is 0 Å². The van der Waals surface area contributed by atoms with Gasteiger partial charge in [0, 0.05) is 65.0 Å². The number of carbonyl (C=O) groups excluding carboxylic acids is 1. The molecule has 1 aliphatic heterocycles. The maximum absolute atomic E-state index is 13.0. The summed E-state index contributed by atoms with van der Waals surface area (Å²) in [5.74, 6) is 0.985. The van der Waals surface area contributed by atoms with Crippen molar-refractivity contribution in [3.63, 3.8) is 0 Å². The molecule has 0 saturated carbocycles. The van der Waals surface area contributed by atoms with E-state index in [0.717, 1.165) is 56.7 Å². The average molecular weight is 487 g/mol. The lowest BCUT2D eigenvalue weighted by molar-refractivity contribution is -0.132. The first-order valence-corrected chi connectivity index (χ1v) is 13.4. The van der Waals surface area contributed by atoms with E-state index in [2.05, 4.69) is 21.0 Å². The van der Waals surface area contributed by atoms with E-state index in [4.69, 9.17) is 4.98 Å². The van der Waals surface area contributed by atoms with Gasteiger partial charge in [0.1, 0.15) is 5.82 Å². The summed E-state index contributed by atoms with van der Waals surface area (Å²) in [6.45, 7) is 4.43. The fourth-order valence-electron chi connectivity index (χ4n) is 4.56. The van der Waals surface area contributed by atoms with E-state index in [1.165, 1.54) is 18.4 Å². The van der Waals surface area contributed by atoms with Gasteiger partial charge in [0.05, 0.1) is 22.3 Å². The second-order valence-electron chi connectivity index (χ2n) is 9.09. The molecular formula is C24H34N6O3S. The SMILES string of the molecule is CCCCn1c(CCC(=O)N2CCC(n3ccnc3)CC2)nc2cc(S(=O)(=O)N(C)C)ccc21. The van der Waals surface area contributed by atoms with Crippen LogP contribution < -0.4 is 0 Å². The van der Waals surface area contributed by atoms with Gasteiger partial charge in [-0.05, 0) is 37.5 Å². The number of likely N-dealkylation sites (tertiary alicyclic amines) is 1. The number of amides is 1. The molecule has 9 nitrogen and oxygen atoms in total. The van der Waals surface area contributed by atoms with Gasteiger partial charge in [0.25, 0.3) is 0 Å². The second-order valence-corrected chi connectivity index (χ2v) is 11.2. The maximum Gasteiger partial charge on any atom is 0.242 e. The number of piperidine rings is 1. The Bertz CT molecular complexity index is 1230. The molecule has 0 N–H and O–H groups in total. The molecule has 1 aliphatic rings. The monoisotopic (exact) mass is 486 g/mol. The summed E-state index contributed by atoms with van der Waals surface area (Å²) < 4.78 is 30.6. The largest absolute Gasteiger partial charge is 0.343 e. The Kier molecular flexibility index (Phi) is 7.37. The van der Waals surface area contributed by atoms with Crippen molar-refractivity contribution < 1.29 is 13.2 Å². The molecule has 2 aromatic heterocycles. The summed E-state index contributed by atoms with van der Waals surface area (Å²) in [6, 6.07) is 5.51. The van der Waals surface area contributed by atoms with E-state index in [1.807, 2.05) is 23.5 Å². The third kappa shape index (κ3) is 5.02. The molecular weight excluding hydrogens is 452 g/mol. The summed E-state index contributed by atoms with van der Waals surface area (Å²) in [7, 11) is -0.487. The van der Waals surface area contributed by atoms with E-state index in [9.17, 15) is 13.2 Å². The van der Waals surface area contributed by atoms with Gasteiger partial charge in [-0.25, -0.2) is 22.7 Å². The van der Waals surface area contributed by atoms with Gasteiger partial charge in [-0.3, -0.25) is 4.79 Å². The van der Waals surface area contributed by atoms with Crippen LogP contribution in [0.2, 0.25) is 0 Å². The van der Waals surface area contributed by atoms with Crippen molar-refractivity contribution in [2.45, 2.75) is 62.9 Å². The summed E-state index contributed by atoms with van der Waals surface area (Å²) in [5.41, 5.74) is 1.57. The van der Waals surface area contributed by atoms with Gasteiger partial charge in [-0.2, -0.15) is 0 Å². The molecule has 4 rings (SSSR count). The Morgan fingerprint density at radius 1 is 1.21 bits per heavy atom. The first-order valence-electron chi connectivity index (χ1n) is 12.0. The van der Waals surface area contributed by atoms with Gasteiger partial charge in [-0.15, -0.1) is 0 Å². The summed E-state index contributed by atoms with van der Waals surface area (Å²) in [6.07, 6.45) is 10.4. The fourth-order valence-corrected chi connectivity index (χ4v) is 5.49. The zero-order chi connectivity index (χ0) is 24.3. The summed E-state index contributed by atoms with van der Waals surface area (Å²) >= 11 is 0. The topological polar surface area (TPSA) is 93.3 Å². The number of aromatic nitrogens is 4. The number of rotatable bonds is 9. The first-order chi connectivity index (χ1) is 16.3. The van der Waals surface area contributed by atoms with Crippen molar-refractivity contribution in [2.24, 2.45) is 0 Å². The third-order valence-corrected chi connectivity index (χ3v) is 8.45. The van der Waals surface area contributed by atoms with E-state index in [0.29, 0.717) is 24.4 Å². The molecule has 1 saturated heterocycles. The Balaban J connectivity index is 1.47. The molecule has 0 spiro atoms. The lowest BCUT2D eigenvalue weighted by atomic mass is 10.0. The molecule has 1 amide bonds. The van der Waals surface area contributed by atoms with Gasteiger partial charge in [0.2, 0.25) is 15.9 Å². The van der Waals surface area contributed by atoms with Crippen LogP contribution in [0, 0.1) is 0 Å². The zero-order valence-electron chi connectivity index (χ0n) is 20.2. The summed E-state index contributed by atoms with van der Waals surface area (Å²) in [5, 5.41) is 0. The van der Waals surface area contributed by atoms with Crippen LogP contribution in [0.15, 0.2) is 41.8 Å². The van der Waals surface area contributed by atoms with Crippen molar-refractivity contribution in [3.8, 4) is 0 Å². The van der Waals surface area contributed by atoms with E-state index >= 15 is 0 Å². The highest BCUT2D eigenvalue weighted by Gasteiger charge is 2.24. The molecule has 34 heavy (non-hydrogen) atoms. The number of benzene rings is 1. The highest BCUT2D eigenvalue weighted by atomic mass is 32.2. The molecule has 1 fully saturated rings. The van der Waals surface area contributed by atoms with Crippen LogP contribution in [0.1, 0.15) is 50.9 Å². The van der Waals surface area contributed by atoms with Crippen LogP contribution in [-0.2, 0) is 27.8 Å². The van der Waals surface area contributed by atoms with Crippen LogP contribution in [0.25, 0.3) is 11.0 Å². The molecule has 0 radical (unpaired) electrons. The van der Waals surface area contributed by atoms with Crippen LogP contribution in [-0.4, -0.2) is 69.8 Å². The number of aryl methyl sites for hydroxylation is 2. The molecule has 1 aromatic carbocycles. The minimum Gasteiger partial charge on any atom is -0.343 e. The van der Waals surface area contributed by atoms with E-state index in [1.54, 1.807) is 18.3 Å². The Labute approximate surface area is 201 Å². The molecule has 0 aliphatic carbocycles. The minimum absolute atomic E-state index is 0.147. The molecule has 0 atom stereocenters. The van der Waals surface area contributed by atoms with Gasteiger partial charge in [0.15, 0.2) is 0 Å².